The van der Waals surface area contributed by atoms with Crippen LogP contribution in [-0.4, -0.2) is 27.7 Å². The van der Waals surface area contributed by atoms with Crippen molar-refractivity contribution >= 4 is 5.91 Å². The minimum absolute atomic E-state index is 0.107. The summed E-state index contributed by atoms with van der Waals surface area (Å²) >= 11 is 0. The number of nitrogens with zero attached hydrogens (tertiary/aromatic N) is 3. The summed E-state index contributed by atoms with van der Waals surface area (Å²) < 4.78 is 15.9. The number of amides is 1. The number of ether oxygens (including phenoxy) is 1. The van der Waals surface area contributed by atoms with Crippen LogP contribution in [0.25, 0.3) is 11.4 Å². The molecule has 130 valence electrons. The summed E-state index contributed by atoms with van der Waals surface area (Å²) in [7, 11) is 0. The van der Waals surface area contributed by atoms with Crippen molar-refractivity contribution in [1.82, 2.24) is 20.6 Å². The van der Waals surface area contributed by atoms with Gasteiger partial charge in [0, 0.05) is 12.7 Å². The van der Waals surface area contributed by atoms with E-state index in [0.29, 0.717) is 23.7 Å². The Balaban J connectivity index is 1.70. The van der Waals surface area contributed by atoms with E-state index in [1.54, 1.807) is 13.1 Å². The fourth-order valence-electron chi connectivity index (χ4n) is 2.17. The van der Waals surface area contributed by atoms with Crippen molar-refractivity contribution < 1.29 is 18.6 Å². The highest BCUT2D eigenvalue weighted by Crippen LogP contribution is 2.25. The Bertz CT molecular complexity index is 841. The van der Waals surface area contributed by atoms with Crippen molar-refractivity contribution in [2.24, 2.45) is 0 Å². The summed E-state index contributed by atoms with van der Waals surface area (Å²) in [6, 6.07) is 6.99. The molecule has 0 radical (unpaired) electrons. The Morgan fingerprint density at radius 3 is 2.92 bits per heavy atom. The second-order valence-electron chi connectivity index (χ2n) is 5.35. The van der Waals surface area contributed by atoms with Crippen molar-refractivity contribution in [3.8, 4) is 17.3 Å². The molecule has 0 spiro atoms. The van der Waals surface area contributed by atoms with Crippen LogP contribution in [-0.2, 0) is 6.61 Å². The summed E-state index contributed by atoms with van der Waals surface area (Å²) in [4.78, 5) is 16.1. The minimum Gasteiger partial charge on any atom is -0.470 e. The molecule has 0 aliphatic rings. The smallest absolute Gasteiger partial charge is 0.290 e. The molecule has 0 saturated carbocycles. The Morgan fingerprint density at radius 2 is 2.16 bits per heavy atom. The summed E-state index contributed by atoms with van der Waals surface area (Å²) in [5.41, 5.74) is 2.07. The molecular weight excluding hydrogens is 324 g/mol. The molecule has 0 unspecified atom stereocenters. The number of rotatable bonds is 7. The van der Waals surface area contributed by atoms with E-state index in [1.165, 1.54) is 6.07 Å². The van der Waals surface area contributed by atoms with Crippen molar-refractivity contribution in [1.29, 1.82) is 0 Å². The maximum absolute atomic E-state index is 11.8. The Morgan fingerprint density at radius 1 is 1.28 bits per heavy atom. The molecule has 0 aromatic carbocycles. The quantitative estimate of drug-likeness (QED) is 0.704. The summed E-state index contributed by atoms with van der Waals surface area (Å²) in [5.74, 6) is 0.634. The highest BCUT2D eigenvalue weighted by Gasteiger charge is 2.18. The van der Waals surface area contributed by atoms with E-state index in [2.05, 4.69) is 20.6 Å². The lowest BCUT2D eigenvalue weighted by Crippen LogP contribution is -2.23. The zero-order valence-electron chi connectivity index (χ0n) is 14.0. The van der Waals surface area contributed by atoms with Crippen molar-refractivity contribution in [2.45, 2.75) is 26.9 Å². The Hall–Kier alpha value is -3.16. The van der Waals surface area contributed by atoms with Gasteiger partial charge in [0.05, 0.1) is 17.3 Å². The van der Waals surface area contributed by atoms with E-state index in [1.807, 2.05) is 25.1 Å². The van der Waals surface area contributed by atoms with Gasteiger partial charge in [0.2, 0.25) is 5.76 Å². The van der Waals surface area contributed by atoms with Crippen LogP contribution in [0.5, 0.6) is 5.88 Å². The number of nitrogens with one attached hydrogen (secondary N) is 1. The third-order valence-corrected chi connectivity index (χ3v) is 3.50. The van der Waals surface area contributed by atoms with Crippen LogP contribution in [0.15, 0.2) is 39.5 Å². The number of pyridine rings is 1. The predicted octanol–water partition coefficient (Wildman–Crippen LogP) is 2.75. The molecule has 1 N–H and O–H groups in total. The fraction of sp³-hybridized carbons (Fsp3) is 0.294. The molecule has 3 rings (SSSR count). The summed E-state index contributed by atoms with van der Waals surface area (Å²) in [6.07, 6.45) is 2.52. The lowest BCUT2D eigenvalue weighted by molar-refractivity contribution is 0.0916. The van der Waals surface area contributed by atoms with E-state index < -0.39 is 0 Å². The van der Waals surface area contributed by atoms with Crippen LogP contribution in [0.1, 0.15) is 35.2 Å². The van der Waals surface area contributed by atoms with Gasteiger partial charge in [-0.15, -0.1) is 0 Å². The number of aromatic nitrogens is 3. The van der Waals surface area contributed by atoms with Gasteiger partial charge in [-0.3, -0.25) is 9.78 Å². The molecule has 8 nitrogen and oxygen atoms in total. The van der Waals surface area contributed by atoms with Gasteiger partial charge in [-0.2, -0.15) is 0 Å². The van der Waals surface area contributed by atoms with Crippen LogP contribution in [0.3, 0.4) is 0 Å². The van der Waals surface area contributed by atoms with Gasteiger partial charge >= 0.3 is 0 Å². The van der Waals surface area contributed by atoms with Crippen LogP contribution < -0.4 is 10.1 Å². The number of hydrogen-bond donors (Lipinski definition) is 1. The van der Waals surface area contributed by atoms with Crippen LogP contribution >= 0.6 is 0 Å². The number of hydrogen-bond acceptors (Lipinski definition) is 7. The van der Waals surface area contributed by atoms with E-state index in [0.717, 1.165) is 12.0 Å². The molecular formula is C17H18N4O4. The zero-order valence-corrected chi connectivity index (χ0v) is 14.0. The van der Waals surface area contributed by atoms with Crippen LogP contribution in [0.2, 0.25) is 0 Å². The molecule has 0 fully saturated rings. The van der Waals surface area contributed by atoms with E-state index in [-0.39, 0.29) is 24.2 Å². The van der Waals surface area contributed by atoms with Gasteiger partial charge in [-0.25, -0.2) is 0 Å². The molecule has 0 aliphatic heterocycles. The average molecular weight is 342 g/mol. The number of carbonyl (C=O) groups is 1. The van der Waals surface area contributed by atoms with Gasteiger partial charge in [0.25, 0.3) is 11.8 Å². The molecule has 3 aromatic heterocycles. The molecule has 0 saturated heterocycles. The SMILES string of the molecule is CCCNC(=O)c1cc(OCc2c(-c3ccccn3)noc2C)no1. The first-order valence-electron chi connectivity index (χ1n) is 7.93. The topological polar surface area (TPSA) is 103 Å². The summed E-state index contributed by atoms with van der Waals surface area (Å²) in [6.45, 7) is 4.51. The lowest BCUT2D eigenvalue weighted by Gasteiger charge is -2.02. The molecule has 25 heavy (non-hydrogen) atoms. The Kier molecular flexibility index (Phi) is 5.08. The molecule has 3 aromatic rings. The van der Waals surface area contributed by atoms with Gasteiger partial charge in [-0.05, 0) is 30.6 Å². The third kappa shape index (κ3) is 3.85. The second-order valence-corrected chi connectivity index (χ2v) is 5.35. The fourth-order valence-corrected chi connectivity index (χ4v) is 2.17. The van der Waals surface area contributed by atoms with Gasteiger partial charge in [-0.1, -0.05) is 18.1 Å². The monoisotopic (exact) mass is 342 g/mol. The minimum atomic E-state index is -0.320. The predicted molar refractivity (Wildman–Crippen MR) is 87.9 cm³/mol. The first kappa shape index (κ1) is 16.7. The lowest BCUT2D eigenvalue weighted by atomic mass is 10.1. The second kappa shape index (κ2) is 7.61. The first-order valence-corrected chi connectivity index (χ1v) is 7.93. The normalized spacial score (nSPS) is 10.6. The van der Waals surface area contributed by atoms with Crippen molar-refractivity contribution in [3.63, 3.8) is 0 Å². The molecule has 0 bridgehead atoms. The highest BCUT2D eigenvalue weighted by molar-refractivity contribution is 5.91. The first-order chi connectivity index (χ1) is 12.2. The van der Waals surface area contributed by atoms with Gasteiger partial charge in [0.1, 0.15) is 18.1 Å². The van der Waals surface area contributed by atoms with Crippen LogP contribution in [0.4, 0.5) is 0 Å². The molecule has 0 aliphatic carbocycles. The Labute approximate surface area is 144 Å². The van der Waals surface area contributed by atoms with E-state index in [4.69, 9.17) is 13.8 Å². The summed E-state index contributed by atoms with van der Waals surface area (Å²) in [5, 5.41) is 10.5. The van der Waals surface area contributed by atoms with Gasteiger partial charge in [0.15, 0.2) is 0 Å². The van der Waals surface area contributed by atoms with E-state index >= 15 is 0 Å². The van der Waals surface area contributed by atoms with Crippen molar-refractivity contribution in [2.75, 3.05) is 6.54 Å². The standard InChI is InChI=1S/C17H18N4O4/c1-3-7-19-17(22)14-9-15(20-25-14)23-10-12-11(2)24-21-16(12)13-6-4-5-8-18-13/h4-6,8-9H,3,7,10H2,1-2H3,(H,19,22). The third-order valence-electron chi connectivity index (χ3n) is 3.50. The largest absolute Gasteiger partial charge is 0.470 e. The van der Waals surface area contributed by atoms with Crippen LogP contribution in [0, 0.1) is 6.92 Å². The highest BCUT2D eigenvalue weighted by atomic mass is 16.5. The number of aryl methyl sites for hydroxylation is 1. The molecule has 3 heterocycles. The molecule has 0 atom stereocenters. The molecule has 8 heteroatoms. The van der Waals surface area contributed by atoms with Gasteiger partial charge < -0.3 is 19.1 Å². The zero-order chi connectivity index (χ0) is 17.6. The van der Waals surface area contributed by atoms with Crippen molar-refractivity contribution in [3.05, 3.63) is 47.5 Å². The maximum atomic E-state index is 11.8. The molecule has 1 amide bonds. The van der Waals surface area contributed by atoms with E-state index in [9.17, 15) is 4.79 Å². The maximum Gasteiger partial charge on any atom is 0.290 e. The average Bonchev–Trinajstić information content (AvgIpc) is 3.25. The number of carbonyl (C=O) groups excluding carboxylic acids is 1.